The molecule has 1 amide bonds. The molecule has 2 N–H and O–H groups in total. The molecule has 0 atom stereocenters. The Bertz CT molecular complexity index is 1100. The van der Waals surface area contributed by atoms with E-state index in [1.165, 1.54) is 5.56 Å². The number of hydrogen-bond donors (Lipinski definition) is 2. The van der Waals surface area contributed by atoms with Crippen molar-refractivity contribution in [2.24, 2.45) is 0 Å². The highest BCUT2D eigenvalue weighted by molar-refractivity contribution is 6.05. The van der Waals surface area contributed by atoms with Crippen LogP contribution in [0.1, 0.15) is 40.4 Å². The van der Waals surface area contributed by atoms with E-state index in [-0.39, 0.29) is 24.2 Å². The van der Waals surface area contributed by atoms with E-state index in [1.54, 1.807) is 39.7 Å². The fourth-order valence-electron chi connectivity index (χ4n) is 4.26. The maximum absolute atomic E-state index is 13.4. The van der Waals surface area contributed by atoms with Crippen LogP contribution in [0, 0.1) is 6.92 Å². The Hall–Kier alpha value is -3.23. The first-order valence-corrected chi connectivity index (χ1v) is 11.0. The monoisotopic (exact) mass is 486 g/mol. The molecule has 182 valence electrons. The minimum Gasteiger partial charge on any atom is -0.493 e. The van der Waals surface area contributed by atoms with Crippen LogP contribution in [-0.4, -0.2) is 50.1 Å². The maximum Gasteiger partial charge on any atom is 0.259 e. The highest BCUT2D eigenvalue weighted by atomic mass is 35.5. The van der Waals surface area contributed by atoms with Gasteiger partial charge in [-0.05, 0) is 45.0 Å². The molecule has 0 spiro atoms. The van der Waals surface area contributed by atoms with Gasteiger partial charge in [-0.15, -0.1) is 12.4 Å². The van der Waals surface area contributed by atoms with E-state index >= 15 is 0 Å². The van der Waals surface area contributed by atoms with Crippen molar-refractivity contribution in [3.05, 3.63) is 59.4 Å². The first kappa shape index (κ1) is 25.4. The summed E-state index contributed by atoms with van der Waals surface area (Å²) in [6, 6.07) is 11.6. The van der Waals surface area contributed by atoms with E-state index < -0.39 is 0 Å². The van der Waals surface area contributed by atoms with Crippen LogP contribution in [0.4, 0.5) is 5.69 Å². The van der Waals surface area contributed by atoms with Crippen molar-refractivity contribution in [1.82, 2.24) is 15.1 Å². The lowest BCUT2D eigenvalue weighted by molar-refractivity contribution is 0.102. The summed E-state index contributed by atoms with van der Waals surface area (Å²) < 4.78 is 18.1. The lowest BCUT2D eigenvalue weighted by atomic mass is 9.91. The number of nitrogens with zero attached hydrogens (tertiary/aromatic N) is 2. The summed E-state index contributed by atoms with van der Waals surface area (Å²) in [4.78, 5) is 13.4. The summed E-state index contributed by atoms with van der Waals surface area (Å²) in [6.45, 7) is 3.88. The van der Waals surface area contributed by atoms with E-state index in [0.29, 0.717) is 28.5 Å². The van der Waals surface area contributed by atoms with E-state index in [2.05, 4.69) is 34.8 Å². The summed E-state index contributed by atoms with van der Waals surface area (Å²) in [5.74, 6) is 1.43. The van der Waals surface area contributed by atoms with E-state index in [1.807, 2.05) is 16.8 Å². The van der Waals surface area contributed by atoms with Gasteiger partial charge in [0.1, 0.15) is 0 Å². The number of carbonyl (C=O) groups is 1. The van der Waals surface area contributed by atoms with Gasteiger partial charge in [0.15, 0.2) is 11.5 Å². The molecule has 2 heterocycles. The van der Waals surface area contributed by atoms with Crippen molar-refractivity contribution in [3.63, 3.8) is 0 Å². The highest BCUT2D eigenvalue weighted by Gasteiger charge is 2.27. The minimum absolute atomic E-state index is 0. The predicted molar refractivity (Wildman–Crippen MR) is 134 cm³/mol. The van der Waals surface area contributed by atoms with Crippen LogP contribution in [-0.2, 0) is 0 Å². The third-order valence-corrected chi connectivity index (χ3v) is 5.98. The first-order valence-electron chi connectivity index (χ1n) is 11.0. The predicted octanol–water partition coefficient (Wildman–Crippen LogP) is 4.35. The van der Waals surface area contributed by atoms with Crippen LogP contribution >= 0.6 is 12.4 Å². The van der Waals surface area contributed by atoms with Crippen molar-refractivity contribution in [2.75, 3.05) is 39.7 Å². The quantitative estimate of drug-likeness (QED) is 0.516. The van der Waals surface area contributed by atoms with Crippen LogP contribution < -0.4 is 24.8 Å². The number of ether oxygens (including phenoxy) is 3. The summed E-state index contributed by atoms with van der Waals surface area (Å²) in [6.07, 6.45) is 3.55. The Labute approximate surface area is 206 Å². The second kappa shape index (κ2) is 11.3. The molecule has 4 rings (SSSR count). The topological polar surface area (TPSA) is 86.6 Å². The van der Waals surface area contributed by atoms with E-state index in [4.69, 9.17) is 14.2 Å². The van der Waals surface area contributed by atoms with Crippen molar-refractivity contribution in [1.29, 1.82) is 0 Å². The molecule has 0 radical (unpaired) electrons. The number of aromatic nitrogens is 2. The van der Waals surface area contributed by atoms with Gasteiger partial charge in [-0.25, -0.2) is 4.68 Å². The standard InChI is InChI=1S/C25H30N4O4.ClH/c1-16-5-7-19(8-6-16)29-23(17-9-11-26-12-10-17)20(15-27-29)25(30)28-18-13-21(31-2)24(33-4)22(14-18)32-3;/h5-8,13-15,17,26H,9-12H2,1-4H3,(H,28,30);1H. The zero-order valence-electron chi connectivity index (χ0n) is 19.9. The number of anilines is 1. The van der Waals surface area contributed by atoms with Crippen molar-refractivity contribution in [3.8, 4) is 22.9 Å². The fraction of sp³-hybridized carbons (Fsp3) is 0.360. The largest absolute Gasteiger partial charge is 0.493 e. The number of hydrogen-bond acceptors (Lipinski definition) is 6. The highest BCUT2D eigenvalue weighted by Crippen LogP contribution is 2.40. The van der Waals surface area contributed by atoms with Gasteiger partial charge >= 0.3 is 0 Å². The van der Waals surface area contributed by atoms with Crippen LogP contribution in [0.3, 0.4) is 0 Å². The second-order valence-corrected chi connectivity index (χ2v) is 8.08. The normalized spacial score (nSPS) is 13.6. The maximum atomic E-state index is 13.4. The first-order chi connectivity index (χ1) is 16.0. The fourth-order valence-corrected chi connectivity index (χ4v) is 4.26. The van der Waals surface area contributed by atoms with Crippen molar-refractivity contribution in [2.45, 2.75) is 25.7 Å². The average molecular weight is 487 g/mol. The zero-order valence-corrected chi connectivity index (χ0v) is 20.7. The lowest BCUT2D eigenvalue weighted by Gasteiger charge is -2.25. The number of nitrogens with one attached hydrogen (secondary N) is 2. The number of piperidine rings is 1. The molecule has 1 aliphatic rings. The molecule has 34 heavy (non-hydrogen) atoms. The number of aryl methyl sites for hydroxylation is 1. The Kier molecular flexibility index (Phi) is 8.41. The number of carbonyl (C=O) groups excluding carboxylic acids is 1. The number of rotatable bonds is 7. The molecule has 1 saturated heterocycles. The number of benzene rings is 2. The molecule has 1 aliphatic heterocycles. The lowest BCUT2D eigenvalue weighted by Crippen LogP contribution is -2.29. The average Bonchev–Trinajstić information content (AvgIpc) is 3.29. The summed E-state index contributed by atoms with van der Waals surface area (Å²) >= 11 is 0. The molecule has 9 heteroatoms. The van der Waals surface area contributed by atoms with Gasteiger partial charge in [0.2, 0.25) is 5.75 Å². The van der Waals surface area contributed by atoms with E-state index in [0.717, 1.165) is 37.3 Å². The van der Waals surface area contributed by atoms with Crippen molar-refractivity contribution >= 4 is 24.0 Å². The molecule has 2 aromatic carbocycles. The Morgan fingerprint density at radius 2 is 1.65 bits per heavy atom. The van der Waals surface area contributed by atoms with Gasteiger partial charge in [-0.2, -0.15) is 5.10 Å². The van der Waals surface area contributed by atoms with Gasteiger partial charge in [-0.1, -0.05) is 17.7 Å². The van der Waals surface area contributed by atoms with Gasteiger partial charge in [0.05, 0.1) is 44.5 Å². The van der Waals surface area contributed by atoms with Gasteiger partial charge < -0.3 is 24.8 Å². The molecule has 8 nitrogen and oxygen atoms in total. The molecule has 1 aromatic heterocycles. The van der Waals surface area contributed by atoms with Gasteiger partial charge in [0, 0.05) is 23.7 Å². The third kappa shape index (κ3) is 5.13. The number of methoxy groups -OCH3 is 3. The summed E-state index contributed by atoms with van der Waals surface area (Å²) in [5.41, 5.74) is 4.17. The Morgan fingerprint density at radius 3 is 2.21 bits per heavy atom. The molecule has 0 aliphatic carbocycles. The van der Waals surface area contributed by atoms with Crippen LogP contribution in [0.2, 0.25) is 0 Å². The molecule has 0 bridgehead atoms. The Morgan fingerprint density at radius 1 is 1.03 bits per heavy atom. The molecule has 0 saturated carbocycles. The second-order valence-electron chi connectivity index (χ2n) is 8.08. The number of halogens is 1. The molecular formula is C25H31ClN4O4. The van der Waals surface area contributed by atoms with Gasteiger partial charge in [-0.3, -0.25) is 4.79 Å². The van der Waals surface area contributed by atoms with Gasteiger partial charge in [0.25, 0.3) is 5.91 Å². The van der Waals surface area contributed by atoms with Crippen LogP contribution in [0.15, 0.2) is 42.6 Å². The summed E-state index contributed by atoms with van der Waals surface area (Å²) in [7, 11) is 4.64. The third-order valence-electron chi connectivity index (χ3n) is 5.98. The van der Waals surface area contributed by atoms with Crippen LogP contribution in [0.5, 0.6) is 17.2 Å². The number of amides is 1. The molecular weight excluding hydrogens is 456 g/mol. The smallest absolute Gasteiger partial charge is 0.259 e. The summed E-state index contributed by atoms with van der Waals surface area (Å²) in [5, 5.41) is 11.0. The van der Waals surface area contributed by atoms with Crippen LogP contribution in [0.25, 0.3) is 5.69 Å². The Balaban J connectivity index is 0.00000324. The SMILES string of the molecule is COc1cc(NC(=O)c2cnn(-c3ccc(C)cc3)c2C2CCNCC2)cc(OC)c1OC.Cl. The minimum atomic E-state index is -0.226. The zero-order chi connectivity index (χ0) is 23.4. The molecule has 1 fully saturated rings. The van der Waals surface area contributed by atoms with Crippen molar-refractivity contribution < 1.29 is 19.0 Å². The molecule has 0 unspecified atom stereocenters. The molecule has 3 aromatic rings. The van der Waals surface area contributed by atoms with E-state index in [9.17, 15) is 4.79 Å².